The maximum Gasteiger partial charge on any atom is 0.340 e. The summed E-state index contributed by atoms with van der Waals surface area (Å²) in [6.45, 7) is 0.0415. The number of hydrogen-bond acceptors (Lipinski definition) is 6. The van der Waals surface area contributed by atoms with Gasteiger partial charge in [0.1, 0.15) is 18.4 Å². The molecular weight excluding hydrogens is 256 g/mol. The van der Waals surface area contributed by atoms with Crippen LogP contribution in [0.3, 0.4) is 0 Å². The number of esters is 1. The molecule has 0 saturated heterocycles. The Balaban J connectivity index is 2.07. The number of nitriles is 1. The second-order valence-electron chi connectivity index (χ2n) is 4.08. The summed E-state index contributed by atoms with van der Waals surface area (Å²) >= 11 is 0. The molecule has 0 bridgehead atoms. The van der Waals surface area contributed by atoms with Crippen molar-refractivity contribution in [3.8, 4) is 6.07 Å². The van der Waals surface area contributed by atoms with Gasteiger partial charge in [-0.25, -0.2) is 9.78 Å². The predicted molar refractivity (Wildman–Crippen MR) is 73.3 cm³/mol. The number of aromatic nitrogens is 1. The fraction of sp³-hybridized carbons (Fsp3) is 0.0714. The maximum absolute atomic E-state index is 11.9. The van der Waals surface area contributed by atoms with E-state index < -0.39 is 5.97 Å². The van der Waals surface area contributed by atoms with E-state index >= 15 is 0 Å². The molecule has 2 aromatic rings. The summed E-state index contributed by atoms with van der Waals surface area (Å²) in [5, 5.41) is 8.73. The van der Waals surface area contributed by atoms with E-state index in [1.807, 2.05) is 6.07 Å². The number of carbonyl (C=O) groups excluding carboxylic acids is 1. The Morgan fingerprint density at radius 3 is 2.80 bits per heavy atom. The lowest BCUT2D eigenvalue weighted by molar-refractivity contribution is 0.0474. The third-order valence-electron chi connectivity index (χ3n) is 2.60. The van der Waals surface area contributed by atoms with Crippen LogP contribution < -0.4 is 11.5 Å². The summed E-state index contributed by atoms with van der Waals surface area (Å²) in [6.07, 6.45) is 1.49. The summed E-state index contributed by atoms with van der Waals surface area (Å²) in [6, 6.07) is 9.73. The molecule has 0 atom stereocenters. The Labute approximate surface area is 115 Å². The average molecular weight is 268 g/mol. The van der Waals surface area contributed by atoms with Crippen LogP contribution in [0.15, 0.2) is 36.5 Å². The molecule has 0 fully saturated rings. The van der Waals surface area contributed by atoms with E-state index in [0.717, 1.165) is 0 Å². The van der Waals surface area contributed by atoms with Crippen LogP contribution in [0.4, 0.5) is 11.4 Å². The summed E-state index contributed by atoms with van der Waals surface area (Å²) in [7, 11) is 0. The van der Waals surface area contributed by atoms with Gasteiger partial charge in [0, 0.05) is 17.6 Å². The summed E-state index contributed by atoms with van der Waals surface area (Å²) in [5.41, 5.74) is 13.2. The number of nitrogen functional groups attached to an aromatic ring is 2. The largest absolute Gasteiger partial charge is 0.457 e. The molecule has 20 heavy (non-hydrogen) atoms. The Hall–Kier alpha value is -3.07. The van der Waals surface area contributed by atoms with Gasteiger partial charge in [-0.1, -0.05) is 0 Å². The molecule has 1 heterocycles. The van der Waals surface area contributed by atoms with Crippen molar-refractivity contribution in [2.24, 2.45) is 0 Å². The molecule has 0 aliphatic rings. The third kappa shape index (κ3) is 3.03. The van der Waals surface area contributed by atoms with E-state index in [1.54, 1.807) is 18.2 Å². The van der Waals surface area contributed by atoms with Crippen LogP contribution in [-0.4, -0.2) is 11.0 Å². The Kier molecular flexibility index (Phi) is 3.82. The molecular formula is C14H12N4O2. The summed E-state index contributed by atoms with van der Waals surface area (Å²) in [4.78, 5) is 15.7. The molecule has 0 radical (unpaired) electrons. The SMILES string of the molecule is N#Cc1cc(COC(=O)c2ccc(N)cc2N)ccn1. The van der Waals surface area contributed by atoms with Gasteiger partial charge in [0.15, 0.2) is 0 Å². The van der Waals surface area contributed by atoms with E-state index in [4.69, 9.17) is 21.5 Å². The molecule has 0 unspecified atom stereocenters. The zero-order valence-electron chi connectivity index (χ0n) is 10.5. The van der Waals surface area contributed by atoms with Crippen LogP contribution in [0.1, 0.15) is 21.6 Å². The number of anilines is 2. The number of ether oxygens (including phenoxy) is 1. The summed E-state index contributed by atoms with van der Waals surface area (Å²) in [5.74, 6) is -0.544. The first-order chi connectivity index (χ1) is 9.60. The predicted octanol–water partition coefficient (Wildman–Crippen LogP) is 1.47. The van der Waals surface area contributed by atoms with Gasteiger partial charge in [0.2, 0.25) is 0 Å². The van der Waals surface area contributed by atoms with Gasteiger partial charge >= 0.3 is 5.97 Å². The van der Waals surface area contributed by atoms with Crippen molar-refractivity contribution >= 4 is 17.3 Å². The average Bonchev–Trinajstić information content (AvgIpc) is 2.45. The number of benzene rings is 1. The van der Waals surface area contributed by atoms with Crippen molar-refractivity contribution in [2.45, 2.75) is 6.61 Å². The number of pyridine rings is 1. The molecule has 6 heteroatoms. The van der Waals surface area contributed by atoms with Gasteiger partial charge < -0.3 is 16.2 Å². The van der Waals surface area contributed by atoms with Crippen molar-refractivity contribution < 1.29 is 9.53 Å². The number of rotatable bonds is 3. The monoisotopic (exact) mass is 268 g/mol. The summed E-state index contributed by atoms with van der Waals surface area (Å²) < 4.78 is 5.14. The maximum atomic E-state index is 11.9. The standard InChI is InChI=1S/C14H12N4O2/c15-7-11-5-9(3-4-18-11)8-20-14(19)12-2-1-10(16)6-13(12)17/h1-6H,8,16-17H2. The number of nitrogens with two attached hydrogens (primary N) is 2. The smallest absolute Gasteiger partial charge is 0.340 e. The van der Waals surface area contributed by atoms with Gasteiger partial charge in [-0.3, -0.25) is 0 Å². The lowest BCUT2D eigenvalue weighted by Gasteiger charge is -2.07. The van der Waals surface area contributed by atoms with Gasteiger partial charge in [-0.15, -0.1) is 0 Å². The van der Waals surface area contributed by atoms with Gasteiger partial charge in [0.25, 0.3) is 0 Å². The van der Waals surface area contributed by atoms with Crippen molar-refractivity contribution in [3.63, 3.8) is 0 Å². The van der Waals surface area contributed by atoms with Crippen LogP contribution in [-0.2, 0) is 11.3 Å². The molecule has 0 aliphatic heterocycles. The zero-order chi connectivity index (χ0) is 14.5. The van der Waals surface area contributed by atoms with Crippen molar-refractivity contribution in [1.29, 1.82) is 5.26 Å². The third-order valence-corrected chi connectivity index (χ3v) is 2.60. The van der Waals surface area contributed by atoms with Crippen molar-refractivity contribution in [1.82, 2.24) is 4.98 Å². The van der Waals surface area contributed by atoms with E-state index in [9.17, 15) is 4.79 Å². The molecule has 6 nitrogen and oxygen atoms in total. The van der Waals surface area contributed by atoms with E-state index in [1.165, 1.54) is 18.3 Å². The highest BCUT2D eigenvalue weighted by Gasteiger charge is 2.11. The highest BCUT2D eigenvalue weighted by Crippen LogP contribution is 2.17. The van der Waals surface area contributed by atoms with Gasteiger partial charge in [-0.05, 0) is 35.9 Å². The molecule has 0 spiro atoms. The second kappa shape index (κ2) is 5.71. The number of hydrogen-bond donors (Lipinski definition) is 2. The lowest BCUT2D eigenvalue weighted by atomic mass is 10.1. The minimum absolute atomic E-state index is 0.0415. The van der Waals surface area contributed by atoms with Crippen molar-refractivity contribution in [2.75, 3.05) is 11.5 Å². The van der Waals surface area contributed by atoms with Crippen molar-refractivity contribution in [3.05, 3.63) is 53.3 Å². The van der Waals surface area contributed by atoms with Crippen LogP contribution in [0.25, 0.3) is 0 Å². The van der Waals surface area contributed by atoms with Gasteiger partial charge in [0.05, 0.1) is 5.56 Å². The second-order valence-corrected chi connectivity index (χ2v) is 4.08. The van der Waals surface area contributed by atoms with E-state index in [2.05, 4.69) is 4.98 Å². The number of nitrogens with zero attached hydrogens (tertiary/aromatic N) is 2. The Morgan fingerprint density at radius 1 is 1.30 bits per heavy atom. The lowest BCUT2D eigenvalue weighted by Crippen LogP contribution is -2.08. The first kappa shape index (κ1) is 13.4. The molecule has 0 saturated carbocycles. The molecule has 2 rings (SSSR count). The first-order valence-electron chi connectivity index (χ1n) is 5.77. The molecule has 4 N–H and O–H groups in total. The minimum Gasteiger partial charge on any atom is -0.457 e. The quantitative estimate of drug-likeness (QED) is 0.643. The van der Waals surface area contributed by atoms with Crippen LogP contribution in [0.5, 0.6) is 0 Å². The Bertz CT molecular complexity index is 692. The fourth-order valence-corrected chi connectivity index (χ4v) is 1.62. The van der Waals surface area contributed by atoms with Crippen LogP contribution in [0.2, 0.25) is 0 Å². The fourth-order valence-electron chi connectivity index (χ4n) is 1.62. The Morgan fingerprint density at radius 2 is 2.10 bits per heavy atom. The highest BCUT2D eigenvalue weighted by molar-refractivity contribution is 5.95. The van der Waals surface area contributed by atoms with Gasteiger partial charge in [-0.2, -0.15) is 5.26 Å². The molecule has 1 aromatic carbocycles. The van der Waals surface area contributed by atoms with Crippen LogP contribution >= 0.6 is 0 Å². The molecule has 0 aliphatic carbocycles. The first-order valence-corrected chi connectivity index (χ1v) is 5.77. The molecule has 1 aromatic heterocycles. The van der Waals surface area contributed by atoms with Crippen LogP contribution in [0, 0.1) is 11.3 Å². The topological polar surface area (TPSA) is 115 Å². The normalized spacial score (nSPS) is 9.75. The number of carbonyl (C=O) groups is 1. The molecule has 0 amide bonds. The molecule has 100 valence electrons. The van der Waals surface area contributed by atoms with E-state index in [0.29, 0.717) is 11.3 Å². The highest BCUT2D eigenvalue weighted by atomic mass is 16.5. The zero-order valence-corrected chi connectivity index (χ0v) is 10.5. The van der Waals surface area contributed by atoms with E-state index in [-0.39, 0.29) is 23.6 Å². The minimum atomic E-state index is -0.544.